The molecule has 4 aromatic rings. The first kappa shape index (κ1) is 19.2. The van der Waals surface area contributed by atoms with Gasteiger partial charge in [-0.15, -0.1) is 0 Å². The van der Waals surface area contributed by atoms with Crippen LogP contribution in [0.5, 0.6) is 0 Å². The number of pyridine rings is 1. The minimum atomic E-state index is -0.110. The fourth-order valence-electron chi connectivity index (χ4n) is 5.22. The summed E-state index contributed by atoms with van der Waals surface area (Å²) in [6.07, 6.45) is 7.41. The van der Waals surface area contributed by atoms with Crippen LogP contribution in [0.15, 0.2) is 54.9 Å². The number of amides is 1. The van der Waals surface area contributed by atoms with Crippen LogP contribution in [-0.2, 0) is 19.9 Å². The van der Waals surface area contributed by atoms with Gasteiger partial charge in [-0.3, -0.25) is 4.79 Å². The van der Waals surface area contributed by atoms with E-state index >= 15 is 0 Å². The largest absolute Gasteiger partial charge is 0.338 e. The van der Waals surface area contributed by atoms with Crippen molar-refractivity contribution in [3.8, 4) is 11.3 Å². The van der Waals surface area contributed by atoms with E-state index in [0.717, 1.165) is 46.6 Å². The maximum atomic E-state index is 13.0. The van der Waals surface area contributed by atoms with Gasteiger partial charge in [0.25, 0.3) is 5.91 Å². The molecule has 1 saturated carbocycles. The predicted molar refractivity (Wildman–Crippen MR) is 127 cm³/mol. The Balaban J connectivity index is 1.25. The van der Waals surface area contributed by atoms with Gasteiger partial charge in [-0.05, 0) is 78.3 Å². The monoisotopic (exact) mass is 422 g/mol. The van der Waals surface area contributed by atoms with Crippen molar-refractivity contribution < 1.29 is 4.79 Å². The van der Waals surface area contributed by atoms with E-state index < -0.39 is 0 Å². The maximum absolute atomic E-state index is 13.0. The van der Waals surface area contributed by atoms with Crippen molar-refractivity contribution >= 4 is 22.5 Å². The second-order valence-electron chi connectivity index (χ2n) is 9.67. The predicted octanol–water partition coefficient (Wildman–Crippen LogP) is 5.32. The molecule has 2 aliphatic carbocycles. The van der Waals surface area contributed by atoms with Crippen LogP contribution >= 0.6 is 0 Å². The van der Waals surface area contributed by atoms with Gasteiger partial charge in [0, 0.05) is 36.0 Å². The molecule has 0 radical (unpaired) electrons. The Hall–Kier alpha value is -3.47. The molecule has 2 aromatic carbocycles. The number of rotatable bonds is 3. The number of nitrogens with zero attached hydrogens (tertiary/aromatic N) is 3. The van der Waals surface area contributed by atoms with Crippen LogP contribution in [0, 0.1) is 18.3 Å². The Kier molecular flexibility index (Phi) is 4.06. The van der Waals surface area contributed by atoms with Crippen LogP contribution in [0.3, 0.4) is 0 Å². The van der Waals surface area contributed by atoms with Gasteiger partial charge >= 0.3 is 0 Å². The zero-order valence-corrected chi connectivity index (χ0v) is 18.6. The standard InChI is InChI=1S/C27H26N4O/c1-16-11-27(16)12-20-6-5-19(9-23(20)13-27)26(32)30-25-10-22-8-18(4-7-21(22)14-28-25)24-15-31(3)17(2)29-24/h4-10,14-16H,11-13H2,1-3H3,(H,28,30,32). The van der Waals surface area contributed by atoms with Crippen molar-refractivity contribution in [2.45, 2.75) is 33.1 Å². The number of fused-ring (bicyclic) bond motifs is 2. The molecule has 0 aliphatic heterocycles. The maximum Gasteiger partial charge on any atom is 0.256 e. The average molecular weight is 423 g/mol. The first-order valence-electron chi connectivity index (χ1n) is 11.2. The molecule has 6 rings (SSSR count). The molecule has 1 amide bonds. The molecule has 32 heavy (non-hydrogen) atoms. The van der Waals surface area contributed by atoms with Gasteiger partial charge in [-0.1, -0.05) is 25.1 Å². The molecule has 2 atom stereocenters. The number of anilines is 1. The number of aromatic nitrogens is 3. The highest BCUT2D eigenvalue weighted by molar-refractivity contribution is 6.04. The zero-order valence-electron chi connectivity index (χ0n) is 18.6. The van der Waals surface area contributed by atoms with Gasteiger partial charge in [0.15, 0.2) is 0 Å². The number of nitrogens with one attached hydrogen (secondary N) is 1. The molecule has 1 spiro atoms. The molecule has 5 nitrogen and oxygen atoms in total. The summed E-state index contributed by atoms with van der Waals surface area (Å²) in [5, 5.41) is 5.04. The van der Waals surface area contributed by atoms with Crippen molar-refractivity contribution in [2.24, 2.45) is 18.4 Å². The van der Waals surface area contributed by atoms with E-state index in [0.29, 0.717) is 16.8 Å². The summed E-state index contributed by atoms with van der Waals surface area (Å²) in [4.78, 5) is 22.0. The van der Waals surface area contributed by atoms with Crippen LogP contribution in [0.25, 0.3) is 22.0 Å². The van der Waals surface area contributed by atoms with Gasteiger partial charge in [-0.2, -0.15) is 0 Å². The first-order valence-corrected chi connectivity index (χ1v) is 11.2. The van der Waals surface area contributed by atoms with Crippen LogP contribution < -0.4 is 5.32 Å². The third-order valence-electron chi connectivity index (χ3n) is 7.52. The van der Waals surface area contributed by atoms with Crippen LogP contribution in [0.4, 0.5) is 5.82 Å². The van der Waals surface area contributed by atoms with Crippen molar-refractivity contribution in [1.29, 1.82) is 0 Å². The van der Waals surface area contributed by atoms with E-state index in [1.165, 1.54) is 17.5 Å². The topological polar surface area (TPSA) is 59.8 Å². The number of carbonyl (C=O) groups excluding carboxylic acids is 1. The molecule has 5 heteroatoms. The second kappa shape index (κ2) is 6.76. The lowest BCUT2D eigenvalue weighted by Gasteiger charge is -2.08. The number of hydrogen-bond acceptors (Lipinski definition) is 3. The fraction of sp³-hybridized carbons (Fsp3) is 0.296. The minimum Gasteiger partial charge on any atom is -0.338 e. The van der Waals surface area contributed by atoms with Crippen LogP contribution in [0.2, 0.25) is 0 Å². The summed E-state index contributed by atoms with van der Waals surface area (Å²) in [7, 11) is 1.99. The molecule has 2 aromatic heterocycles. The number of hydrogen-bond donors (Lipinski definition) is 1. The number of carbonyl (C=O) groups is 1. The average Bonchev–Trinajstić information content (AvgIpc) is 3.07. The summed E-state index contributed by atoms with van der Waals surface area (Å²) in [6, 6.07) is 14.3. The Morgan fingerprint density at radius 2 is 1.91 bits per heavy atom. The lowest BCUT2D eigenvalue weighted by atomic mass is 10.0. The molecular formula is C27H26N4O. The molecule has 2 heterocycles. The number of imidazole rings is 1. The lowest BCUT2D eigenvalue weighted by molar-refractivity contribution is 0.102. The number of benzene rings is 2. The van der Waals surface area contributed by atoms with Crippen molar-refractivity contribution in [1.82, 2.24) is 14.5 Å². The Morgan fingerprint density at radius 1 is 1.09 bits per heavy atom. The third-order valence-corrected chi connectivity index (χ3v) is 7.52. The van der Waals surface area contributed by atoms with E-state index in [-0.39, 0.29) is 5.91 Å². The minimum absolute atomic E-state index is 0.110. The third kappa shape index (κ3) is 3.11. The smallest absolute Gasteiger partial charge is 0.256 e. The highest BCUT2D eigenvalue weighted by atomic mass is 16.1. The highest BCUT2D eigenvalue weighted by Crippen LogP contribution is 2.60. The van der Waals surface area contributed by atoms with Crippen LogP contribution in [0.1, 0.15) is 40.7 Å². The summed E-state index contributed by atoms with van der Waals surface area (Å²) < 4.78 is 2.01. The quantitative estimate of drug-likeness (QED) is 0.486. The Bertz CT molecular complexity index is 1380. The molecule has 160 valence electrons. The fourth-order valence-corrected chi connectivity index (χ4v) is 5.22. The van der Waals surface area contributed by atoms with E-state index in [9.17, 15) is 4.79 Å². The molecule has 0 bridgehead atoms. The molecular weight excluding hydrogens is 396 g/mol. The Morgan fingerprint density at radius 3 is 2.66 bits per heavy atom. The second-order valence-corrected chi connectivity index (χ2v) is 9.67. The first-order chi connectivity index (χ1) is 15.4. The van der Waals surface area contributed by atoms with Crippen LogP contribution in [-0.4, -0.2) is 20.4 Å². The van der Waals surface area contributed by atoms with E-state index in [4.69, 9.17) is 0 Å². The van der Waals surface area contributed by atoms with Gasteiger partial charge < -0.3 is 9.88 Å². The Labute approximate surface area is 187 Å². The molecule has 1 N–H and O–H groups in total. The summed E-state index contributed by atoms with van der Waals surface area (Å²) in [5.74, 6) is 2.22. The van der Waals surface area contributed by atoms with Gasteiger partial charge in [0.1, 0.15) is 11.6 Å². The molecule has 2 aliphatic rings. The van der Waals surface area contributed by atoms with Gasteiger partial charge in [0.2, 0.25) is 0 Å². The van der Waals surface area contributed by atoms with E-state index in [1.54, 1.807) is 6.20 Å². The summed E-state index contributed by atoms with van der Waals surface area (Å²) in [5.41, 5.74) is 5.91. The summed E-state index contributed by atoms with van der Waals surface area (Å²) in [6.45, 7) is 4.33. The molecule has 2 unspecified atom stereocenters. The van der Waals surface area contributed by atoms with E-state index in [1.807, 2.05) is 42.9 Å². The van der Waals surface area contributed by atoms with Gasteiger partial charge in [0.05, 0.1) is 5.69 Å². The SMILES string of the molecule is Cc1nc(-c2ccc3cnc(NC(=O)c4ccc5c(c4)CC4(C5)CC4C)cc3c2)cn1C. The number of aryl methyl sites for hydroxylation is 2. The normalized spacial score (nSPS) is 21.2. The molecule has 0 saturated heterocycles. The van der Waals surface area contributed by atoms with Crippen molar-refractivity contribution in [3.63, 3.8) is 0 Å². The van der Waals surface area contributed by atoms with Gasteiger partial charge in [-0.25, -0.2) is 9.97 Å². The molecule has 1 fully saturated rings. The van der Waals surface area contributed by atoms with Crippen molar-refractivity contribution in [3.05, 3.63) is 77.4 Å². The van der Waals surface area contributed by atoms with E-state index in [2.05, 4.69) is 46.5 Å². The zero-order chi connectivity index (χ0) is 22.0. The summed E-state index contributed by atoms with van der Waals surface area (Å²) >= 11 is 0. The lowest BCUT2D eigenvalue weighted by Crippen LogP contribution is -2.13. The highest BCUT2D eigenvalue weighted by Gasteiger charge is 2.53. The van der Waals surface area contributed by atoms with Crippen molar-refractivity contribution in [2.75, 3.05) is 5.32 Å².